The van der Waals surface area contributed by atoms with Crippen molar-refractivity contribution in [2.45, 2.75) is 19.5 Å². The molecule has 2 aromatic heterocycles. The normalized spacial score (nSPS) is 12.9. The minimum atomic E-state index is -0.941. The van der Waals surface area contributed by atoms with Crippen LogP contribution in [0.25, 0.3) is 16.8 Å². The molecule has 0 fully saturated rings. The molecule has 0 aliphatic carbocycles. The molecule has 1 aliphatic rings. The highest BCUT2D eigenvalue weighted by atomic mass is 19.2. The summed E-state index contributed by atoms with van der Waals surface area (Å²) in [4.78, 5) is 10.5. The second-order valence-corrected chi connectivity index (χ2v) is 8.21. The van der Waals surface area contributed by atoms with Gasteiger partial charge in [0.2, 0.25) is 5.95 Å². The molecule has 0 saturated carbocycles. The summed E-state index contributed by atoms with van der Waals surface area (Å²) in [5.74, 6) is -1.04. The van der Waals surface area contributed by atoms with E-state index in [2.05, 4.69) is 15.3 Å². The molecule has 0 spiro atoms. The highest BCUT2D eigenvalue weighted by Gasteiger charge is 2.21. The smallest absolute Gasteiger partial charge is 0.208 e. The van der Waals surface area contributed by atoms with Gasteiger partial charge in [0, 0.05) is 65.9 Å². The molecule has 6 nitrogen and oxygen atoms in total. The maximum absolute atomic E-state index is 14.9. The van der Waals surface area contributed by atoms with E-state index in [4.69, 9.17) is 4.74 Å². The number of hydrogen-bond donors (Lipinski definition) is 1. The largest absolute Gasteiger partial charge is 0.493 e. The predicted molar refractivity (Wildman–Crippen MR) is 119 cm³/mol. The van der Waals surface area contributed by atoms with E-state index in [1.165, 1.54) is 12.3 Å². The first-order valence-corrected chi connectivity index (χ1v) is 10.5. The quantitative estimate of drug-likeness (QED) is 0.468. The lowest BCUT2D eigenvalue weighted by Crippen LogP contribution is -2.13. The van der Waals surface area contributed by atoms with Crippen LogP contribution in [0, 0.1) is 17.5 Å². The maximum atomic E-state index is 14.9. The van der Waals surface area contributed by atoms with Crippen LogP contribution >= 0.6 is 0 Å². The third-order valence-electron chi connectivity index (χ3n) is 5.73. The Morgan fingerprint density at radius 2 is 1.91 bits per heavy atom. The van der Waals surface area contributed by atoms with Crippen molar-refractivity contribution in [1.29, 1.82) is 0 Å². The second kappa shape index (κ2) is 8.40. The standard InChI is InChI=1S/C24H22F3N5O/c1-31(2)13-14-3-4-16(22(27)21(14)26)18-12-30-24(32-9-8-28-23(18)32)29-11-17-15-7-10-33-20(15)6-5-19(17)25/h3-6,8-9,12H,7,10-11,13H2,1-2H3,(H,29,30). The zero-order chi connectivity index (χ0) is 23.1. The minimum absolute atomic E-state index is 0.0781. The molecule has 0 saturated heterocycles. The van der Waals surface area contributed by atoms with Gasteiger partial charge in [0.05, 0.1) is 6.61 Å². The first-order valence-electron chi connectivity index (χ1n) is 10.5. The summed E-state index contributed by atoms with van der Waals surface area (Å²) in [5.41, 5.74) is 2.49. The van der Waals surface area contributed by atoms with E-state index in [1.807, 2.05) is 0 Å². The Morgan fingerprint density at radius 3 is 2.73 bits per heavy atom. The van der Waals surface area contributed by atoms with Crippen LogP contribution in [0.5, 0.6) is 5.75 Å². The van der Waals surface area contributed by atoms with Crippen molar-refractivity contribution in [3.63, 3.8) is 0 Å². The van der Waals surface area contributed by atoms with Crippen molar-refractivity contribution in [3.05, 3.63) is 77.0 Å². The van der Waals surface area contributed by atoms with Gasteiger partial charge >= 0.3 is 0 Å². The molecular formula is C24H22F3N5O. The number of halogens is 3. The highest BCUT2D eigenvalue weighted by Crippen LogP contribution is 2.32. The third-order valence-corrected chi connectivity index (χ3v) is 5.73. The SMILES string of the molecule is CN(C)Cc1ccc(-c2cnc(NCc3c(F)ccc4c3CCO4)n3ccnc23)c(F)c1F. The second-order valence-electron chi connectivity index (χ2n) is 8.21. The van der Waals surface area contributed by atoms with E-state index in [-0.39, 0.29) is 30.0 Å². The fourth-order valence-corrected chi connectivity index (χ4v) is 4.17. The van der Waals surface area contributed by atoms with Gasteiger partial charge in [-0.1, -0.05) is 12.1 Å². The fourth-order valence-electron chi connectivity index (χ4n) is 4.17. The van der Waals surface area contributed by atoms with Gasteiger partial charge in [-0.15, -0.1) is 0 Å². The molecule has 4 aromatic rings. The van der Waals surface area contributed by atoms with E-state index in [1.54, 1.807) is 54.0 Å². The van der Waals surface area contributed by atoms with E-state index in [9.17, 15) is 13.2 Å². The molecule has 3 heterocycles. The van der Waals surface area contributed by atoms with Gasteiger partial charge in [0.25, 0.3) is 0 Å². The molecule has 0 bridgehead atoms. The minimum Gasteiger partial charge on any atom is -0.493 e. The number of aromatic nitrogens is 3. The van der Waals surface area contributed by atoms with Crippen LogP contribution in [0.15, 0.2) is 42.9 Å². The van der Waals surface area contributed by atoms with Crippen LogP contribution in [0.1, 0.15) is 16.7 Å². The van der Waals surface area contributed by atoms with Gasteiger partial charge in [0.1, 0.15) is 17.2 Å². The van der Waals surface area contributed by atoms with Gasteiger partial charge in [-0.05, 0) is 26.2 Å². The first-order chi connectivity index (χ1) is 15.9. The highest BCUT2D eigenvalue weighted by molar-refractivity contribution is 5.78. The number of nitrogens with zero attached hydrogens (tertiary/aromatic N) is 4. The number of ether oxygens (including phenoxy) is 1. The molecule has 9 heteroatoms. The fraction of sp³-hybridized carbons (Fsp3) is 0.250. The van der Waals surface area contributed by atoms with Crippen molar-refractivity contribution < 1.29 is 17.9 Å². The number of anilines is 1. The average Bonchev–Trinajstić information content (AvgIpc) is 3.46. The zero-order valence-electron chi connectivity index (χ0n) is 18.2. The van der Waals surface area contributed by atoms with E-state index < -0.39 is 11.6 Å². The Labute approximate surface area is 188 Å². The van der Waals surface area contributed by atoms with Gasteiger partial charge < -0.3 is 15.0 Å². The van der Waals surface area contributed by atoms with Crippen LogP contribution < -0.4 is 10.1 Å². The molecule has 2 aromatic carbocycles. The molecule has 0 atom stereocenters. The van der Waals surface area contributed by atoms with Gasteiger partial charge in [-0.2, -0.15) is 0 Å². The van der Waals surface area contributed by atoms with Crippen LogP contribution in [0.2, 0.25) is 0 Å². The zero-order valence-corrected chi connectivity index (χ0v) is 18.2. The summed E-state index contributed by atoms with van der Waals surface area (Å²) in [6.07, 6.45) is 5.31. The van der Waals surface area contributed by atoms with Gasteiger partial charge in [0.15, 0.2) is 11.6 Å². The molecule has 1 N–H and O–H groups in total. The van der Waals surface area contributed by atoms with Crippen LogP contribution in [-0.2, 0) is 19.5 Å². The Bertz CT molecular complexity index is 1350. The molecule has 0 amide bonds. The van der Waals surface area contributed by atoms with Crippen molar-refractivity contribution >= 4 is 11.6 Å². The van der Waals surface area contributed by atoms with E-state index in [0.29, 0.717) is 41.5 Å². The molecular weight excluding hydrogens is 431 g/mol. The molecule has 170 valence electrons. The number of fused-ring (bicyclic) bond motifs is 2. The lowest BCUT2D eigenvalue weighted by Gasteiger charge is -2.15. The summed E-state index contributed by atoms with van der Waals surface area (Å²) in [7, 11) is 3.58. The van der Waals surface area contributed by atoms with Crippen molar-refractivity contribution in [3.8, 4) is 16.9 Å². The van der Waals surface area contributed by atoms with Gasteiger partial charge in [-0.25, -0.2) is 23.1 Å². The Hall–Kier alpha value is -3.59. The Kier molecular flexibility index (Phi) is 5.41. The number of rotatable bonds is 6. The number of benzene rings is 2. The summed E-state index contributed by atoms with van der Waals surface area (Å²) >= 11 is 0. The molecule has 1 aliphatic heterocycles. The molecule has 0 unspecified atom stereocenters. The topological polar surface area (TPSA) is 54.7 Å². The third kappa shape index (κ3) is 3.78. The monoisotopic (exact) mass is 453 g/mol. The first kappa shape index (κ1) is 21.3. The predicted octanol–water partition coefficient (Wildman–Crippen LogP) is 4.42. The van der Waals surface area contributed by atoms with E-state index in [0.717, 1.165) is 5.56 Å². The molecule has 0 radical (unpaired) electrons. The summed E-state index contributed by atoms with van der Waals surface area (Å²) in [6.45, 7) is 1.01. The summed E-state index contributed by atoms with van der Waals surface area (Å²) in [5, 5.41) is 3.14. The lowest BCUT2D eigenvalue weighted by molar-refractivity contribution is 0.356. The Morgan fingerprint density at radius 1 is 1.06 bits per heavy atom. The number of imidazole rings is 1. The molecule has 5 rings (SSSR count). The van der Waals surface area contributed by atoms with Crippen molar-refractivity contribution in [1.82, 2.24) is 19.3 Å². The van der Waals surface area contributed by atoms with Crippen molar-refractivity contribution in [2.75, 3.05) is 26.0 Å². The van der Waals surface area contributed by atoms with Crippen LogP contribution in [0.4, 0.5) is 19.1 Å². The summed E-state index contributed by atoms with van der Waals surface area (Å²) in [6, 6.07) is 6.14. The van der Waals surface area contributed by atoms with Crippen LogP contribution in [-0.4, -0.2) is 40.0 Å². The average molecular weight is 453 g/mol. The number of nitrogens with one attached hydrogen (secondary N) is 1. The maximum Gasteiger partial charge on any atom is 0.208 e. The molecule has 33 heavy (non-hydrogen) atoms. The van der Waals surface area contributed by atoms with Crippen LogP contribution in [0.3, 0.4) is 0 Å². The number of hydrogen-bond acceptors (Lipinski definition) is 5. The van der Waals surface area contributed by atoms with Crippen molar-refractivity contribution in [2.24, 2.45) is 0 Å². The van der Waals surface area contributed by atoms with Gasteiger partial charge in [-0.3, -0.25) is 4.40 Å². The lowest BCUT2D eigenvalue weighted by atomic mass is 10.0. The van der Waals surface area contributed by atoms with E-state index >= 15 is 0 Å². The Balaban J connectivity index is 1.48. The summed E-state index contributed by atoms with van der Waals surface area (Å²) < 4.78 is 51.2.